The second-order valence-corrected chi connectivity index (χ2v) is 8.76. The molecule has 32 heavy (non-hydrogen) atoms. The standard InChI is InChI=1S/C19H19F4N3O5S/c20-14-3-1-13(2-4-14)11-24-18(27)25-31-16-9-10-26(12-16)32(28,29)17-7-5-15(6-8-17)30-19(21,22)23/h1-8,16H,9-12H2,(H2,24,25,27)/t16-/m0/s1. The van der Waals surface area contributed by atoms with Gasteiger partial charge in [-0.25, -0.2) is 23.1 Å². The lowest BCUT2D eigenvalue weighted by Crippen LogP contribution is -2.39. The number of halogens is 4. The molecule has 1 fully saturated rings. The number of hydroxylamine groups is 1. The van der Waals surface area contributed by atoms with Gasteiger partial charge < -0.3 is 10.1 Å². The normalized spacial score (nSPS) is 17.2. The molecule has 0 radical (unpaired) electrons. The third kappa shape index (κ3) is 6.55. The molecule has 1 aliphatic rings. The van der Waals surface area contributed by atoms with Gasteiger partial charge in [0, 0.05) is 19.6 Å². The molecular formula is C19H19F4N3O5S. The Labute approximate surface area is 181 Å². The number of carbonyl (C=O) groups excluding carboxylic acids is 1. The number of nitrogens with one attached hydrogen (secondary N) is 2. The maximum atomic E-state index is 12.9. The van der Waals surface area contributed by atoms with Gasteiger partial charge >= 0.3 is 12.4 Å². The number of carbonyl (C=O) groups is 1. The molecule has 1 atom stereocenters. The Morgan fingerprint density at radius 2 is 1.75 bits per heavy atom. The van der Waals surface area contributed by atoms with E-state index in [1.54, 1.807) is 0 Å². The van der Waals surface area contributed by atoms with Crippen LogP contribution in [0, 0.1) is 5.82 Å². The van der Waals surface area contributed by atoms with Crippen molar-refractivity contribution in [2.75, 3.05) is 13.1 Å². The maximum absolute atomic E-state index is 12.9. The van der Waals surface area contributed by atoms with E-state index in [0.29, 0.717) is 12.0 Å². The molecule has 0 aromatic heterocycles. The van der Waals surface area contributed by atoms with Crippen LogP contribution in [0.15, 0.2) is 53.4 Å². The summed E-state index contributed by atoms with van der Waals surface area (Å²) in [5, 5.41) is 2.51. The summed E-state index contributed by atoms with van der Waals surface area (Å²) in [4.78, 5) is 16.9. The number of alkyl halides is 3. The third-order valence-electron chi connectivity index (χ3n) is 4.49. The number of ether oxygens (including phenoxy) is 1. The molecule has 0 saturated carbocycles. The Kier molecular flexibility index (Phi) is 7.21. The van der Waals surface area contributed by atoms with Crippen LogP contribution in [0.5, 0.6) is 5.75 Å². The van der Waals surface area contributed by atoms with Crippen molar-refractivity contribution in [2.45, 2.75) is 30.3 Å². The van der Waals surface area contributed by atoms with Crippen LogP contribution in [-0.4, -0.2) is 44.3 Å². The molecule has 0 aliphatic carbocycles. The molecule has 1 saturated heterocycles. The summed E-state index contributed by atoms with van der Waals surface area (Å²) >= 11 is 0. The van der Waals surface area contributed by atoms with Gasteiger partial charge in [0.2, 0.25) is 10.0 Å². The Morgan fingerprint density at radius 3 is 2.38 bits per heavy atom. The summed E-state index contributed by atoms with van der Waals surface area (Å²) in [6, 6.07) is 8.75. The first-order valence-corrected chi connectivity index (χ1v) is 10.8. The van der Waals surface area contributed by atoms with Gasteiger partial charge in [-0.15, -0.1) is 13.2 Å². The smallest absolute Gasteiger partial charge is 0.406 e. The largest absolute Gasteiger partial charge is 0.573 e. The zero-order valence-corrected chi connectivity index (χ0v) is 17.2. The molecule has 2 amide bonds. The van der Waals surface area contributed by atoms with Crippen LogP contribution in [0.3, 0.4) is 0 Å². The number of rotatable bonds is 7. The van der Waals surface area contributed by atoms with Gasteiger partial charge in [0.15, 0.2) is 0 Å². The van der Waals surface area contributed by atoms with E-state index in [9.17, 15) is 30.8 Å². The minimum atomic E-state index is -4.88. The molecule has 0 bridgehead atoms. The van der Waals surface area contributed by atoms with Gasteiger partial charge in [-0.2, -0.15) is 4.31 Å². The molecule has 3 rings (SSSR count). The lowest BCUT2D eigenvalue weighted by Gasteiger charge is -2.17. The van der Waals surface area contributed by atoms with Crippen LogP contribution in [-0.2, 0) is 21.4 Å². The fourth-order valence-electron chi connectivity index (χ4n) is 2.93. The summed E-state index contributed by atoms with van der Waals surface area (Å²) in [6.07, 6.45) is -5.19. The quantitative estimate of drug-likeness (QED) is 0.472. The third-order valence-corrected chi connectivity index (χ3v) is 6.37. The molecular weight excluding hydrogens is 458 g/mol. The zero-order chi connectivity index (χ0) is 23.4. The van der Waals surface area contributed by atoms with E-state index >= 15 is 0 Å². The second kappa shape index (κ2) is 9.71. The SMILES string of the molecule is O=C(NCc1ccc(F)cc1)NO[C@H]1CCN(S(=O)(=O)c2ccc(OC(F)(F)F)cc2)C1. The number of hydrogen-bond acceptors (Lipinski definition) is 5. The minimum Gasteiger partial charge on any atom is -0.406 e. The summed E-state index contributed by atoms with van der Waals surface area (Å²) in [6.45, 7) is 0.183. The van der Waals surface area contributed by atoms with Crippen molar-refractivity contribution in [3.63, 3.8) is 0 Å². The second-order valence-electron chi connectivity index (χ2n) is 6.82. The molecule has 13 heteroatoms. The van der Waals surface area contributed by atoms with Crippen LogP contribution in [0.25, 0.3) is 0 Å². The van der Waals surface area contributed by atoms with Crippen molar-refractivity contribution in [1.29, 1.82) is 0 Å². The molecule has 2 N–H and O–H groups in total. The Morgan fingerprint density at radius 1 is 1.09 bits per heavy atom. The molecule has 174 valence electrons. The lowest BCUT2D eigenvalue weighted by molar-refractivity contribution is -0.274. The zero-order valence-electron chi connectivity index (χ0n) is 16.4. The molecule has 1 aliphatic heterocycles. The van der Waals surface area contributed by atoms with Crippen molar-refractivity contribution in [3.05, 3.63) is 59.9 Å². The van der Waals surface area contributed by atoms with Crippen LogP contribution in [0.4, 0.5) is 22.4 Å². The van der Waals surface area contributed by atoms with Crippen LogP contribution >= 0.6 is 0 Å². The van der Waals surface area contributed by atoms with Gasteiger partial charge in [-0.1, -0.05) is 12.1 Å². The predicted octanol–water partition coefficient (Wildman–Crippen LogP) is 2.92. The molecule has 2 aromatic carbocycles. The number of hydrogen-bond donors (Lipinski definition) is 2. The Bertz CT molecular complexity index is 1030. The highest BCUT2D eigenvalue weighted by Gasteiger charge is 2.34. The van der Waals surface area contributed by atoms with E-state index in [0.717, 1.165) is 28.6 Å². The van der Waals surface area contributed by atoms with E-state index < -0.39 is 40.1 Å². The first-order chi connectivity index (χ1) is 15.0. The van der Waals surface area contributed by atoms with Crippen molar-refractivity contribution in [3.8, 4) is 5.75 Å². The van der Waals surface area contributed by atoms with Crippen molar-refractivity contribution in [2.24, 2.45) is 0 Å². The van der Waals surface area contributed by atoms with E-state index in [-0.39, 0.29) is 24.5 Å². The van der Waals surface area contributed by atoms with Crippen LogP contribution in [0.1, 0.15) is 12.0 Å². The summed E-state index contributed by atoms with van der Waals surface area (Å²) in [7, 11) is -3.96. The van der Waals surface area contributed by atoms with Gasteiger partial charge in [0.05, 0.1) is 4.90 Å². The lowest BCUT2D eigenvalue weighted by atomic mass is 10.2. The van der Waals surface area contributed by atoms with Crippen molar-refractivity contribution >= 4 is 16.1 Å². The van der Waals surface area contributed by atoms with Gasteiger partial charge in [0.25, 0.3) is 0 Å². The first-order valence-electron chi connectivity index (χ1n) is 9.33. The van der Waals surface area contributed by atoms with Gasteiger partial charge in [0.1, 0.15) is 17.7 Å². The van der Waals surface area contributed by atoms with E-state index in [1.165, 1.54) is 24.3 Å². The number of sulfonamides is 1. The molecule has 8 nitrogen and oxygen atoms in total. The van der Waals surface area contributed by atoms with E-state index in [1.807, 2.05) is 0 Å². The number of benzene rings is 2. The fourth-order valence-corrected chi connectivity index (χ4v) is 4.42. The summed E-state index contributed by atoms with van der Waals surface area (Å²) in [5.74, 6) is -0.928. The number of urea groups is 1. The average Bonchev–Trinajstić information content (AvgIpc) is 3.21. The highest BCUT2D eigenvalue weighted by molar-refractivity contribution is 7.89. The predicted molar refractivity (Wildman–Crippen MR) is 103 cm³/mol. The number of nitrogens with zero attached hydrogens (tertiary/aromatic N) is 1. The Hall–Kier alpha value is -2.90. The van der Waals surface area contributed by atoms with Gasteiger partial charge in [-0.3, -0.25) is 4.84 Å². The minimum absolute atomic E-state index is 0.0542. The van der Waals surface area contributed by atoms with Gasteiger partial charge in [-0.05, 0) is 48.4 Å². The molecule has 0 unspecified atom stereocenters. The molecule has 1 heterocycles. The van der Waals surface area contributed by atoms with E-state index in [2.05, 4.69) is 15.5 Å². The monoisotopic (exact) mass is 477 g/mol. The molecule has 2 aromatic rings. The van der Waals surface area contributed by atoms with Crippen LogP contribution in [0.2, 0.25) is 0 Å². The maximum Gasteiger partial charge on any atom is 0.573 e. The summed E-state index contributed by atoms with van der Waals surface area (Å²) in [5.41, 5.74) is 2.85. The molecule has 0 spiro atoms. The Balaban J connectivity index is 1.47. The van der Waals surface area contributed by atoms with Crippen LogP contribution < -0.4 is 15.5 Å². The fraction of sp³-hybridized carbons (Fsp3) is 0.316. The topological polar surface area (TPSA) is 97.0 Å². The van der Waals surface area contributed by atoms with Crippen molar-refractivity contribution in [1.82, 2.24) is 15.1 Å². The highest BCUT2D eigenvalue weighted by atomic mass is 32.2. The first kappa shape index (κ1) is 23.8. The number of amides is 2. The van der Waals surface area contributed by atoms with E-state index in [4.69, 9.17) is 4.84 Å². The highest BCUT2D eigenvalue weighted by Crippen LogP contribution is 2.26. The average molecular weight is 477 g/mol. The summed E-state index contributed by atoms with van der Waals surface area (Å²) < 4.78 is 79.8. The van der Waals surface area contributed by atoms with Crippen molar-refractivity contribution < 1.29 is 40.3 Å².